The maximum atomic E-state index is 10.8. The molecule has 19 heavy (non-hydrogen) atoms. The molecule has 0 saturated heterocycles. The van der Waals surface area contributed by atoms with E-state index in [4.69, 9.17) is 9.84 Å². The minimum absolute atomic E-state index is 0.0394. The van der Waals surface area contributed by atoms with Crippen LogP contribution in [0.5, 0.6) is 5.75 Å². The Kier molecular flexibility index (Phi) is 4.13. The van der Waals surface area contributed by atoms with Crippen molar-refractivity contribution in [3.63, 3.8) is 0 Å². The molecule has 2 aromatic rings. The highest BCUT2D eigenvalue weighted by atomic mass is 16.5. The van der Waals surface area contributed by atoms with Crippen LogP contribution in [0.1, 0.15) is 16.7 Å². The fourth-order valence-electron chi connectivity index (χ4n) is 1.81. The second kappa shape index (κ2) is 6.00. The summed E-state index contributed by atoms with van der Waals surface area (Å²) in [6.45, 7) is 2.35. The van der Waals surface area contributed by atoms with E-state index in [1.807, 2.05) is 19.1 Å². The average Bonchev–Trinajstić information content (AvgIpc) is 2.37. The second-order valence-corrected chi connectivity index (χ2v) is 4.34. The SMILES string of the molecule is Cc1cncc(COc2ccccc2CC(=O)O)c1. The number of para-hydroxylation sites is 1. The molecule has 1 heterocycles. The summed E-state index contributed by atoms with van der Waals surface area (Å²) in [7, 11) is 0. The van der Waals surface area contributed by atoms with Crippen LogP contribution >= 0.6 is 0 Å². The second-order valence-electron chi connectivity index (χ2n) is 4.34. The lowest BCUT2D eigenvalue weighted by Crippen LogP contribution is -2.04. The molecule has 0 aliphatic rings. The van der Waals surface area contributed by atoms with Gasteiger partial charge < -0.3 is 9.84 Å². The number of hydrogen-bond donors (Lipinski definition) is 1. The molecule has 98 valence electrons. The van der Waals surface area contributed by atoms with Crippen molar-refractivity contribution in [3.8, 4) is 5.75 Å². The number of aromatic nitrogens is 1. The molecular formula is C15H15NO3. The summed E-state index contributed by atoms with van der Waals surface area (Å²) < 4.78 is 5.68. The maximum Gasteiger partial charge on any atom is 0.307 e. The summed E-state index contributed by atoms with van der Waals surface area (Å²) in [5, 5.41) is 8.85. The van der Waals surface area contributed by atoms with Crippen LogP contribution < -0.4 is 4.74 Å². The molecule has 0 unspecified atom stereocenters. The molecule has 0 fully saturated rings. The molecule has 1 N–H and O–H groups in total. The summed E-state index contributed by atoms with van der Waals surface area (Å²) in [6.07, 6.45) is 3.48. The molecule has 0 radical (unpaired) electrons. The Morgan fingerprint density at radius 3 is 2.84 bits per heavy atom. The normalized spacial score (nSPS) is 10.2. The van der Waals surface area contributed by atoms with E-state index in [9.17, 15) is 4.79 Å². The van der Waals surface area contributed by atoms with E-state index in [1.54, 1.807) is 30.6 Å². The van der Waals surface area contributed by atoms with Gasteiger partial charge in [-0.1, -0.05) is 18.2 Å². The Hall–Kier alpha value is -2.36. The van der Waals surface area contributed by atoms with E-state index >= 15 is 0 Å². The molecule has 0 aliphatic carbocycles. The number of carbonyl (C=O) groups is 1. The Morgan fingerprint density at radius 1 is 1.32 bits per heavy atom. The molecule has 2 rings (SSSR count). The summed E-state index contributed by atoms with van der Waals surface area (Å²) in [5.74, 6) is -0.264. The van der Waals surface area contributed by atoms with Gasteiger partial charge in [-0.15, -0.1) is 0 Å². The van der Waals surface area contributed by atoms with E-state index in [1.165, 1.54) is 0 Å². The molecule has 1 aromatic heterocycles. The van der Waals surface area contributed by atoms with E-state index in [0.29, 0.717) is 17.9 Å². The molecule has 4 heteroatoms. The van der Waals surface area contributed by atoms with Crippen molar-refractivity contribution >= 4 is 5.97 Å². The molecule has 0 aliphatic heterocycles. The predicted molar refractivity (Wildman–Crippen MR) is 71.1 cm³/mol. The molecule has 1 aromatic carbocycles. The lowest BCUT2D eigenvalue weighted by Gasteiger charge is -2.10. The van der Waals surface area contributed by atoms with Crippen LogP contribution in [-0.2, 0) is 17.8 Å². The highest BCUT2D eigenvalue weighted by Crippen LogP contribution is 2.20. The van der Waals surface area contributed by atoms with Crippen LogP contribution in [0.2, 0.25) is 0 Å². The van der Waals surface area contributed by atoms with Gasteiger partial charge in [-0.2, -0.15) is 0 Å². The monoisotopic (exact) mass is 257 g/mol. The lowest BCUT2D eigenvalue weighted by molar-refractivity contribution is -0.136. The van der Waals surface area contributed by atoms with Gasteiger partial charge in [0.1, 0.15) is 12.4 Å². The Morgan fingerprint density at radius 2 is 2.11 bits per heavy atom. The van der Waals surface area contributed by atoms with Crippen LogP contribution in [0.25, 0.3) is 0 Å². The van der Waals surface area contributed by atoms with Gasteiger partial charge in [0.25, 0.3) is 0 Å². The van der Waals surface area contributed by atoms with Crippen LogP contribution in [0.3, 0.4) is 0 Å². The zero-order valence-electron chi connectivity index (χ0n) is 10.7. The van der Waals surface area contributed by atoms with Gasteiger partial charge in [0.2, 0.25) is 0 Å². The van der Waals surface area contributed by atoms with Gasteiger partial charge >= 0.3 is 5.97 Å². The first-order valence-corrected chi connectivity index (χ1v) is 5.98. The van der Waals surface area contributed by atoms with Crippen LogP contribution in [0, 0.1) is 6.92 Å². The largest absolute Gasteiger partial charge is 0.489 e. The van der Waals surface area contributed by atoms with Crippen molar-refractivity contribution in [2.45, 2.75) is 20.0 Å². The first-order valence-electron chi connectivity index (χ1n) is 5.98. The zero-order chi connectivity index (χ0) is 13.7. The molecule has 0 atom stereocenters. The first kappa shape index (κ1) is 13.1. The maximum absolute atomic E-state index is 10.8. The van der Waals surface area contributed by atoms with Crippen molar-refractivity contribution < 1.29 is 14.6 Å². The molecule has 0 saturated carbocycles. The van der Waals surface area contributed by atoms with Crippen LogP contribution in [0.15, 0.2) is 42.7 Å². The number of aryl methyl sites for hydroxylation is 1. The standard InChI is InChI=1S/C15H15NO3/c1-11-6-12(9-16-8-11)10-19-14-5-3-2-4-13(14)7-15(17)18/h2-6,8-9H,7,10H2,1H3,(H,17,18). The number of carboxylic acid groups (broad SMARTS) is 1. The quantitative estimate of drug-likeness (QED) is 0.894. The first-order chi connectivity index (χ1) is 9.15. The number of nitrogens with zero attached hydrogens (tertiary/aromatic N) is 1. The van der Waals surface area contributed by atoms with Gasteiger partial charge in [0.15, 0.2) is 0 Å². The van der Waals surface area contributed by atoms with Crippen molar-refractivity contribution in [2.24, 2.45) is 0 Å². The Balaban J connectivity index is 2.09. The summed E-state index contributed by atoms with van der Waals surface area (Å²) in [6, 6.07) is 9.17. The minimum atomic E-state index is -0.867. The third-order valence-corrected chi connectivity index (χ3v) is 2.64. The summed E-state index contributed by atoms with van der Waals surface area (Å²) in [5.41, 5.74) is 2.71. The summed E-state index contributed by atoms with van der Waals surface area (Å²) in [4.78, 5) is 14.9. The third kappa shape index (κ3) is 3.81. The third-order valence-electron chi connectivity index (χ3n) is 2.64. The van der Waals surface area contributed by atoms with Crippen molar-refractivity contribution in [1.29, 1.82) is 0 Å². The highest BCUT2D eigenvalue weighted by molar-refractivity contribution is 5.71. The highest BCUT2D eigenvalue weighted by Gasteiger charge is 2.07. The molecule has 0 amide bonds. The Bertz CT molecular complexity index is 581. The van der Waals surface area contributed by atoms with E-state index in [2.05, 4.69) is 4.98 Å². The molecule has 0 spiro atoms. The average molecular weight is 257 g/mol. The van der Waals surface area contributed by atoms with Gasteiger partial charge in [0, 0.05) is 23.5 Å². The Labute approximate surface area is 111 Å². The van der Waals surface area contributed by atoms with E-state index in [-0.39, 0.29) is 6.42 Å². The smallest absolute Gasteiger partial charge is 0.307 e. The topological polar surface area (TPSA) is 59.4 Å². The van der Waals surface area contributed by atoms with Gasteiger partial charge in [-0.05, 0) is 24.6 Å². The van der Waals surface area contributed by atoms with Gasteiger partial charge in [-0.3, -0.25) is 9.78 Å². The number of hydrogen-bond acceptors (Lipinski definition) is 3. The minimum Gasteiger partial charge on any atom is -0.489 e. The number of benzene rings is 1. The van der Waals surface area contributed by atoms with Gasteiger partial charge in [0.05, 0.1) is 6.42 Å². The number of carboxylic acids is 1. The fraction of sp³-hybridized carbons (Fsp3) is 0.200. The number of aliphatic carboxylic acids is 1. The van der Waals surface area contributed by atoms with Crippen molar-refractivity contribution in [3.05, 3.63) is 59.4 Å². The number of ether oxygens (including phenoxy) is 1. The summed E-state index contributed by atoms with van der Waals surface area (Å²) >= 11 is 0. The molecular weight excluding hydrogens is 242 g/mol. The van der Waals surface area contributed by atoms with Crippen LogP contribution in [0.4, 0.5) is 0 Å². The van der Waals surface area contributed by atoms with E-state index < -0.39 is 5.97 Å². The van der Waals surface area contributed by atoms with Crippen molar-refractivity contribution in [2.75, 3.05) is 0 Å². The van der Waals surface area contributed by atoms with Crippen molar-refractivity contribution in [1.82, 2.24) is 4.98 Å². The molecule has 4 nitrogen and oxygen atoms in total. The van der Waals surface area contributed by atoms with Gasteiger partial charge in [-0.25, -0.2) is 0 Å². The molecule has 0 bridgehead atoms. The number of pyridine rings is 1. The zero-order valence-corrected chi connectivity index (χ0v) is 10.7. The number of rotatable bonds is 5. The van der Waals surface area contributed by atoms with Crippen LogP contribution in [-0.4, -0.2) is 16.1 Å². The predicted octanol–water partition coefficient (Wildman–Crippen LogP) is 2.60. The fourth-order valence-corrected chi connectivity index (χ4v) is 1.81. The lowest BCUT2D eigenvalue weighted by atomic mass is 10.1. The van der Waals surface area contributed by atoms with E-state index in [0.717, 1.165) is 11.1 Å².